The molecule has 0 aliphatic carbocycles. The molecule has 2 aromatic carbocycles. The third-order valence-corrected chi connectivity index (χ3v) is 5.77. The molecular weight excluding hydrogens is 469 g/mol. The molecule has 0 bridgehead atoms. The number of rotatable bonds is 4. The van der Waals surface area contributed by atoms with Gasteiger partial charge in [0.1, 0.15) is 5.75 Å². The van der Waals surface area contributed by atoms with Crippen LogP contribution in [-0.4, -0.2) is 25.3 Å². The van der Waals surface area contributed by atoms with Crippen LogP contribution in [-0.2, 0) is 4.79 Å². The molecule has 0 aliphatic rings. The summed E-state index contributed by atoms with van der Waals surface area (Å²) < 4.78 is 5.92. The van der Waals surface area contributed by atoms with Crippen LogP contribution in [0.1, 0.15) is 12.5 Å². The lowest BCUT2D eigenvalue weighted by atomic mass is 10.2. The van der Waals surface area contributed by atoms with Crippen molar-refractivity contribution in [1.82, 2.24) is 14.7 Å². The van der Waals surface area contributed by atoms with Gasteiger partial charge >= 0.3 is 0 Å². The Balaban J connectivity index is 1.63. The first-order valence-electron chi connectivity index (χ1n) is 8.74. The van der Waals surface area contributed by atoms with Gasteiger partial charge in [-0.15, -0.1) is 0 Å². The van der Waals surface area contributed by atoms with Crippen LogP contribution < -0.4 is 20.1 Å². The summed E-state index contributed by atoms with van der Waals surface area (Å²) in [4.78, 5) is 29.3. The van der Waals surface area contributed by atoms with E-state index < -0.39 is 15.9 Å². The van der Waals surface area contributed by atoms with E-state index in [0.29, 0.717) is 15.2 Å². The summed E-state index contributed by atoms with van der Waals surface area (Å²) in [7, 11) is 0. The van der Waals surface area contributed by atoms with E-state index in [-0.39, 0.29) is 5.56 Å². The van der Waals surface area contributed by atoms with Gasteiger partial charge in [-0.25, -0.2) is 9.38 Å². The van der Waals surface area contributed by atoms with E-state index in [2.05, 4.69) is 10.3 Å². The molecule has 0 aliphatic heterocycles. The van der Waals surface area contributed by atoms with Crippen molar-refractivity contribution in [2.24, 2.45) is 0 Å². The molecule has 154 valence electrons. The molecule has 10 heteroatoms. The maximum Gasteiger partial charge on any atom is 0.274 e. The molecule has 0 saturated heterocycles. The molecule has 1 N–H and O–H groups in total. The van der Waals surface area contributed by atoms with Gasteiger partial charge in [-0.1, -0.05) is 70.4 Å². The quantitative estimate of drug-likeness (QED) is 0.356. The van der Waals surface area contributed by atoms with Crippen molar-refractivity contribution >= 4 is 74.1 Å². The molecule has 0 fully saturated rings. The van der Waals surface area contributed by atoms with Gasteiger partial charge in [0, 0.05) is 6.92 Å². The van der Waals surface area contributed by atoms with Crippen LogP contribution in [0.25, 0.3) is 22.1 Å². The number of hydrogen-bond donors (Lipinski definition) is 1. The first-order chi connectivity index (χ1) is 14.2. The van der Waals surface area contributed by atoms with Crippen molar-refractivity contribution in [3.63, 3.8) is 0 Å². The predicted octanol–water partition coefficient (Wildman–Crippen LogP) is 3.67. The zero-order valence-electron chi connectivity index (χ0n) is 15.4. The molecule has 2 heterocycles. The van der Waals surface area contributed by atoms with Crippen LogP contribution in [0.4, 0.5) is 0 Å². The first-order valence-corrected chi connectivity index (χ1v) is 10.7. The number of carbonyl (C=O) groups is 1. The van der Waals surface area contributed by atoms with Crippen LogP contribution in [0.2, 0.25) is 0 Å². The average molecular weight is 483 g/mol. The Labute approximate surface area is 189 Å². The number of imidazole rings is 1. The molecule has 1 atom stereocenters. The Kier molecular flexibility index (Phi) is 5.63. The summed E-state index contributed by atoms with van der Waals surface area (Å²) in [6.07, 6.45) is 0.627. The summed E-state index contributed by atoms with van der Waals surface area (Å²) in [5.41, 5.74) is 2.24. The number of alkyl halides is 3. The number of ether oxygens (including phenoxy) is 1. The molecule has 0 saturated carbocycles. The minimum atomic E-state index is -1.84. The van der Waals surface area contributed by atoms with Gasteiger partial charge in [0.25, 0.3) is 5.56 Å². The van der Waals surface area contributed by atoms with E-state index in [0.717, 1.165) is 16.6 Å². The van der Waals surface area contributed by atoms with Gasteiger partial charge in [-0.05, 0) is 35.9 Å². The molecule has 6 nitrogen and oxygen atoms in total. The number of fused-ring (bicyclic) bond motifs is 3. The van der Waals surface area contributed by atoms with Gasteiger partial charge in [0.2, 0.25) is 15.9 Å². The Bertz CT molecular complexity index is 1340. The van der Waals surface area contributed by atoms with E-state index in [1.54, 1.807) is 34.7 Å². The largest absolute Gasteiger partial charge is 0.466 e. The van der Waals surface area contributed by atoms with Gasteiger partial charge < -0.3 is 10.1 Å². The third kappa shape index (κ3) is 4.25. The molecule has 0 spiro atoms. The summed E-state index contributed by atoms with van der Waals surface area (Å²) >= 11 is 18.9. The standard InChI is InChI=1S/C20H14Cl3N3O3S/c1-11(27)24-18(20(21,22)23)29-13-8-6-12(7-9-13)10-16-17(28)26-15-5-3-2-4-14(15)25-19(26)30-16/h2-10,18H,1H3,(H,24,27)/b16-10-/t18-/m0/s1. The molecule has 0 radical (unpaired) electrons. The molecule has 4 rings (SSSR count). The predicted molar refractivity (Wildman–Crippen MR) is 121 cm³/mol. The lowest BCUT2D eigenvalue weighted by molar-refractivity contribution is -0.121. The van der Waals surface area contributed by atoms with E-state index in [4.69, 9.17) is 39.5 Å². The van der Waals surface area contributed by atoms with Crippen LogP contribution in [0.15, 0.2) is 53.3 Å². The second-order valence-corrected chi connectivity index (χ2v) is 9.82. The highest BCUT2D eigenvalue weighted by Gasteiger charge is 2.35. The number of carbonyl (C=O) groups excluding carboxylic acids is 1. The van der Waals surface area contributed by atoms with Crippen LogP contribution in [0, 0.1) is 0 Å². The number of nitrogens with one attached hydrogen (secondary N) is 1. The van der Waals surface area contributed by atoms with Crippen molar-refractivity contribution in [1.29, 1.82) is 0 Å². The number of nitrogens with zero attached hydrogens (tertiary/aromatic N) is 2. The third-order valence-electron chi connectivity index (χ3n) is 4.21. The van der Waals surface area contributed by atoms with E-state index in [9.17, 15) is 9.59 Å². The van der Waals surface area contributed by atoms with Gasteiger partial charge in [-0.2, -0.15) is 0 Å². The molecule has 1 amide bonds. The van der Waals surface area contributed by atoms with Crippen LogP contribution in [0.3, 0.4) is 0 Å². The second kappa shape index (κ2) is 8.07. The van der Waals surface area contributed by atoms with Crippen LogP contribution >= 0.6 is 46.1 Å². The fraction of sp³-hybridized carbons (Fsp3) is 0.150. The monoisotopic (exact) mass is 481 g/mol. The smallest absolute Gasteiger partial charge is 0.274 e. The zero-order chi connectivity index (χ0) is 21.5. The summed E-state index contributed by atoms with van der Waals surface area (Å²) in [6, 6.07) is 14.4. The minimum absolute atomic E-state index is 0.119. The highest BCUT2D eigenvalue weighted by Crippen LogP contribution is 2.32. The summed E-state index contributed by atoms with van der Waals surface area (Å²) in [5, 5.41) is 2.44. The van der Waals surface area contributed by atoms with Crippen molar-refractivity contribution in [3.8, 4) is 5.75 Å². The summed E-state index contributed by atoms with van der Waals surface area (Å²) in [5.74, 6) is 0.000957. The lowest BCUT2D eigenvalue weighted by Crippen LogP contribution is -2.47. The molecule has 30 heavy (non-hydrogen) atoms. The fourth-order valence-corrected chi connectivity index (χ4v) is 4.19. The van der Waals surface area contributed by atoms with Gasteiger partial charge in [0.05, 0.1) is 15.6 Å². The maximum absolute atomic E-state index is 12.8. The van der Waals surface area contributed by atoms with Crippen molar-refractivity contribution in [2.75, 3.05) is 0 Å². The van der Waals surface area contributed by atoms with Crippen LogP contribution in [0.5, 0.6) is 5.75 Å². The Hall–Kier alpha value is -2.32. The first kappa shape index (κ1) is 20.9. The average Bonchev–Trinajstić information content (AvgIpc) is 3.18. The summed E-state index contributed by atoms with van der Waals surface area (Å²) in [6.45, 7) is 1.30. The second-order valence-electron chi connectivity index (χ2n) is 6.44. The zero-order valence-corrected chi connectivity index (χ0v) is 18.5. The normalized spacial score (nSPS) is 13.7. The Morgan fingerprint density at radius 3 is 2.57 bits per heavy atom. The number of halogens is 3. The Morgan fingerprint density at radius 2 is 1.90 bits per heavy atom. The highest BCUT2D eigenvalue weighted by molar-refractivity contribution is 7.15. The number of amides is 1. The van der Waals surface area contributed by atoms with Crippen molar-refractivity contribution < 1.29 is 9.53 Å². The van der Waals surface area contributed by atoms with E-state index in [1.807, 2.05) is 24.3 Å². The van der Waals surface area contributed by atoms with E-state index >= 15 is 0 Å². The topological polar surface area (TPSA) is 72.7 Å². The van der Waals surface area contributed by atoms with E-state index in [1.165, 1.54) is 18.3 Å². The molecular formula is C20H14Cl3N3O3S. The van der Waals surface area contributed by atoms with Gasteiger partial charge in [-0.3, -0.25) is 9.59 Å². The molecule has 0 unspecified atom stereocenters. The molecule has 2 aromatic heterocycles. The molecule has 4 aromatic rings. The number of aromatic nitrogens is 2. The lowest BCUT2D eigenvalue weighted by Gasteiger charge is -2.25. The Morgan fingerprint density at radius 1 is 1.20 bits per heavy atom. The number of benzene rings is 2. The number of para-hydroxylation sites is 2. The SMILES string of the molecule is CC(=O)N[C@@H](Oc1ccc(/C=c2\sc3nc4ccccc4n3c2=O)cc1)C(Cl)(Cl)Cl. The maximum atomic E-state index is 12.8. The number of thiazole rings is 1. The number of hydrogen-bond acceptors (Lipinski definition) is 5. The van der Waals surface area contributed by atoms with Gasteiger partial charge in [0.15, 0.2) is 4.96 Å². The highest BCUT2D eigenvalue weighted by atomic mass is 35.6. The minimum Gasteiger partial charge on any atom is -0.466 e. The van der Waals surface area contributed by atoms with Crippen molar-refractivity contribution in [2.45, 2.75) is 16.9 Å². The van der Waals surface area contributed by atoms with Crippen molar-refractivity contribution in [3.05, 3.63) is 69.0 Å². The fourth-order valence-electron chi connectivity index (χ4n) is 2.90.